The molecule has 5 heteroatoms. The molecule has 1 aliphatic heterocycles. The van der Waals surface area contributed by atoms with E-state index in [1.807, 2.05) is 0 Å². The van der Waals surface area contributed by atoms with Gasteiger partial charge in [0.2, 0.25) is 0 Å². The Morgan fingerprint density at radius 3 is 3.12 bits per heavy atom. The quantitative estimate of drug-likeness (QED) is 0.897. The fraction of sp³-hybridized carbons (Fsp3) is 0.417. The van der Waals surface area contributed by atoms with Gasteiger partial charge < -0.3 is 10.6 Å². The Hall–Kier alpha value is -0.940. The second-order valence-corrected chi connectivity index (χ2v) is 5.04. The highest BCUT2D eigenvalue weighted by Crippen LogP contribution is 2.15. The van der Waals surface area contributed by atoms with E-state index >= 15 is 0 Å². The highest BCUT2D eigenvalue weighted by atomic mass is 79.9. The number of amides is 1. The Labute approximate surface area is 108 Å². The number of hydrogen-bond acceptors (Lipinski definition) is 2. The van der Waals surface area contributed by atoms with Gasteiger partial charge in [-0.05, 0) is 37.6 Å². The molecule has 1 heterocycles. The van der Waals surface area contributed by atoms with Crippen LogP contribution in [0.25, 0.3) is 0 Å². The highest BCUT2D eigenvalue weighted by Gasteiger charge is 2.17. The third kappa shape index (κ3) is 3.26. The number of halogens is 2. The Kier molecular flexibility index (Phi) is 4.12. The van der Waals surface area contributed by atoms with Gasteiger partial charge >= 0.3 is 0 Å². The molecule has 0 saturated carbocycles. The van der Waals surface area contributed by atoms with Gasteiger partial charge in [-0.1, -0.05) is 15.9 Å². The smallest absolute Gasteiger partial charge is 0.254 e. The summed E-state index contributed by atoms with van der Waals surface area (Å²) in [5.74, 6) is -0.859. The molecular formula is C12H14BrFN2O. The molecule has 1 unspecified atom stereocenters. The van der Waals surface area contributed by atoms with Gasteiger partial charge in [0, 0.05) is 17.1 Å². The molecule has 3 nitrogen and oxygen atoms in total. The fourth-order valence-corrected chi connectivity index (χ4v) is 2.27. The van der Waals surface area contributed by atoms with Gasteiger partial charge in [0.15, 0.2) is 0 Å². The number of benzene rings is 1. The lowest BCUT2D eigenvalue weighted by atomic mass is 10.2. The Balaban J connectivity index is 1.96. The van der Waals surface area contributed by atoms with Crippen LogP contribution < -0.4 is 10.6 Å². The van der Waals surface area contributed by atoms with Gasteiger partial charge in [-0.3, -0.25) is 4.79 Å². The van der Waals surface area contributed by atoms with Crippen LogP contribution in [0.1, 0.15) is 23.2 Å². The van der Waals surface area contributed by atoms with Gasteiger partial charge in [0.1, 0.15) is 5.82 Å². The lowest BCUT2D eigenvalue weighted by Gasteiger charge is -2.11. The molecule has 1 amide bonds. The molecule has 1 atom stereocenters. The normalized spacial score (nSPS) is 19.3. The minimum atomic E-state index is -0.495. The van der Waals surface area contributed by atoms with E-state index in [4.69, 9.17) is 0 Å². The predicted molar refractivity (Wildman–Crippen MR) is 67.5 cm³/mol. The third-order valence-corrected chi connectivity index (χ3v) is 3.34. The van der Waals surface area contributed by atoms with Crippen LogP contribution in [-0.2, 0) is 0 Å². The average Bonchev–Trinajstić information content (AvgIpc) is 2.82. The molecule has 1 saturated heterocycles. The molecule has 1 aromatic carbocycles. The zero-order valence-electron chi connectivity index (χ0n) is 9.30. The Bertz CT molecular complexity index is 419. The molecule has 92 valence electrons. The summed E-state index contributed by atoms with van der Waals surface area (Å²) >= 11 is 3.22. The summed E-state index contributed by atoms with van der Waals surface area (Å²) in [7, 11) is 0. The lowest BCUT2D eigenvalue weighted by Crippen LogP contribution is -2.37. The van der Waals surface area contributed by atoms with Crippen LogP contribution in [0.2, 0.25) is 0 Å². The third-order valence-electron chi connectivity index (χ3n) is 2.84. The van der Waals surface area contributed by atoms with Crippen LogP contribution in [0.5, 0.6) is 0 Å². The molecule has 1 fully saturated rings. The van der Waals surface area contributed by atoms with E-state index in [0.29, 0.717) is 17.1 Å². The van der Waals surface area contributed by atoms with Crippen LogP contribution >= 0.6 is 15.9 Å². The molecule has 0 aromatic heterocycles. The summed E-state index contributed by atoms with van der Waals surface area (Å²) in [5, 5.41) is 6.02. The number of carbonyl (C=O) groups excluding carboxylic acids is 1. The van der Waals surface area contributed by atoms with Crippen molar-refractivity contribution in [1.82, 2.24) is 10.6 Å². The van der Waals surface area contributed by atoms with Crippen molar-refractivity contribution in [3.63, 3.8) is 0 Å². The first-order chi connectivity index (χ1) is 8.16. The maximum absolute atomic E-state index is 13.4. The van der Waals surface area contributed by atoms with Crippen LogP contribution in [0.15, 0.2) is 22.7 Å². The highest BCUT2D eigenvalue weighted by molar-refractivity contribution is 9.10. The van der Waals surface area contributed by atoms with Crippen LogP contribution in [-0.4, -0.2) is 25.0 Å². The summed E-state index contributed by atoms with van der Waals surface area (Å²) in [4.78, 5) is 11.8. The van der Waals surface area contributed by atoms with E-state index in [0.717, 1.165) is 19.4 Å². The van der Waals surface area contributed by atoms with E-state index in [2.05, 4.69) is 26.6 Å². The van der Waals surface area contributed by atoms with Gasteiger partial charge in [-0.15, -0.1) is 0 Å². The van der Waals surface area contributed by atoms with Crippen LogP contribution in [0.4, 0.5) is 4.39 Å². The summed E-state index contributed by atoms with van der Waals surface area (Å²) in [6.45, 7) is 1.54. The summed E-state index contributed by atoms with van der Waals surface area (Å²) < 4.78 is 14.1. The molecule has 1 aromatic rings. The van der Waals surface area contributed by atoms with E-state index < -0.39 is 5.82 Å². The SMILES string of the molecule is O=C(NCC1CCCN1)c1cc(Br)ccc1F. The molecule has 0 spiro atoms. The lowest BCUT2D eigenvalue weighted by molar-refractivity contribution is 0.0946. The van der Waals surface area contributed by atoms with Crippen LogP contribution in [0.3, 0.4) is 0 Å². The second-order valence-electron chi connectivity index (χ2n) is 4.13. The minimum absolute atomic E-state index is 0.0809. The molecule has 0 radical (unpaired) electrons. The number of rotatable bonds is 3. The van der Waals surface area contributed by atoms with Crippen molar-refractivity contribution in [3.8, 4) is 0 Å². The first-order valence-corrected chi connectivity index (χ1v) is 6.43. The second kappa shape index (κ2) is 5.60. The van der Waals surface area contributed by atoms with Gasteiger partial charge in [0.05, 0.1) is 5.56 Å². The molecule has 2 N–H and O–H groups in total. The predicted octanol–water partition coefficient (Wildman–Crippen LogP) is 2.07. The molecule has 0 bridgehead atoms. The Morgan fingerprint density at radius 1 is 1.59 bits per heavy atom. The van der Waals surface area contributed by atoms with Crippen molar-refractivity contribution < 1.29 is 9.18 Å². The van der Waals surface area contributed by atoms with Crippen molar-refractivity contribution in [2.24, 2.45) is 0 Å². The fourth-order valence-electron chi connectivity index (χ4n) is 1.91. The van der Waals surface area contributed by atoms with Crippen molar-refractivity contribution in [2.45, 2.75) is 18.9 Å². The number of carbonyl (C=O) groups is 1. The van der Waals surface area contributed by atoms with Crippen molar-refractivity contribution in [2.75, 3.05) is 13.1 Å². The zero-order chi connectivity index (χ0) is 12.3. The number of nitrogens with one attached hydrogen (secondary N) is 2. The van der Waals surface area contributed by atoms with E-state index in [1.165, 1.54) is 12.1 Å². The topological polar surface area (TPSA) is 41.1 Å². The largest absolute Gasteiger partial charge is 0.350 e. The van der Waals surface area contributed by atoms with E-state index in [1.54, 1.807) is 6.07 Å². The van der Waals surface area contributed by atoms with Crippen molar-refractivity contribution >= 4 is 21.8 Å². The number of hydrogen-bond donors (Lipinski definition) is 2. The van der Waals surface area contributed by atoms with Crippen molar-refractivity contribution in [1.29, 1.82) is 0 Å². The van der Waals surface area contributed by atoms with Crippen LogP contribution in [0, 0.1) is 5.82 Å². The first kappa shape index (κ1) is 12.5. The minimum Gasteiger partial charge on any atom is -0.350 e. The maximum atomic E-state index is 13.4. The zero-order valence-corrected chi connectivity index (χ0v) is 10.9. The Morgan fingerprint density at radius 2 is 2.41 bits per heavy atom. The average molecular weight is 301 g/mol. The maximum Gasteiger partial charge on any atom is 0.254 e. The van der Waals surface area contributed by atoms with E-state index in [9.17, 15) is 9.18 Å². The molecule has 17 heavy (non-hydrogen) atoms. The molecule has 2 rings (SSSR count). The monoisotopic (exact) mass is 300 g/mol. The summed E-state index contributed by atoms with van der Waals surface area (Å²) in [6, 6.07) is 4.67. The molecular weight excluding hydrogens is 287 g/mol. The molecule has 0 aliphatic carbocycles. The van der Waals surface area contributed by atoms with Crippen molar-refractivity contribution in [3.05, 3.63) is 34.1 Å². The molecule has 1 aliphatic rings. The summed E-state index contributed by atoms with van der Waals surface area (Å²) in [6.07, 6.45) is 2.19. The first-order valence-electron chi connectivity index (χ1n) is 5.63. The van der Waals surface area contributed by atoms with Gasteiger partial charge in [0.25, 0.3) is 5.91 Å². The van der Waals surface area contributed by atoms with Gasteiger partial charge in [-0.2, -0.15) is 0 Å². The van der Waals surface area contributed by atoms with E-state index in [-0.39, 0.29) is 11.5 Å². The standard InChI is InChI=1S/C12H14BrFN2O/c13-8-3-4-11(14)10(6-8)12(17)16-7-9-2-1-5-15-9/h3-4,6,9,15H,1-2,5,7H2,(H,16,17). The summed E-state index contributed by atoms with van der Waals surface area (Å²) in [5.41, 5.74) is 0.0809. The van der Waals surface area contributed by atoms with Gasteiger partial charge in [-0.25, -0.2) is 4.39 Å².